The van der Waals surface area contributed by atoms with Gasteiger partial charge in [0.05, 0.1) is 0 Å². The second-order valence-electron chi connectivity index (χ2n) is 5.09. The topological polar surface area (TPSA) is 86.3 Å². The van der Waals surface area contributed by atoms with Crippen LogP contribution in [0.2, 0.25) is 6.04 Å². The Labute approximate surface area is 140 Å². The molecule has 7 nitrogen and oxygen atoms in total. The van der Waals surface area contributed by atoms with Gasteiger partial charge in [-0.15, -0.1) is 0 Å². The first kappa shape index (κ1) is 22.2. The largest absolute Gasteiger partial charge is 0.500 e. The Morgan fingerprint density at radius 1 is 1.35 bits per heavy atom. The molecule has 0 radical (unpaired) electrons. The molecule has 0 spiro atoms. The maximum Gasteiger partial charge on any atom is 0.500 e. The highest BCUT2D eigenvalue weighted by Gasteiger charge is 2.37. The van der Waals surface area contributed by atoms with E-state index in [1.54, 1.807) is 14.2 Å². The quantitative estimate of drug-likeness (QED) is 0.198. The van der Waals surface area contributed by atoms with Crippen molar-refractivity contribution in [2.75, 3.05) is 40.5 Å². The van der Waals surface area contributed by atoms with Gasteiger partial charge in [0.15, 0.2) is 0 Å². The maximum atomic E-state index is 10.8. The Morgan fingerprint density at radius 2 is 2.04 bits per heavy atom. The zero-order chi connectivity index (χ0) is 17.6. The normalized spacial score (nSPS) is 12.9. The van der Waals surface area contributed by atoms with Gasteiger partial charge in [0.1, 0.15) is 12.7 Å². The molecule has 0 amide bonds. The summed E-state index contributed by atoms with van der Waals surface area (Å²) in [5, 5.41) is 12.7. The molecule has 0 fully saturated rings. The van der Waals surface area contributed by atoms with Gasteiger partial charge in [-0.05, 0) is 19.4 Å². The molecule has 0 aromatic carbocycles. The van der Waals surface area contributed by atoms with Gasteiger partial charge in [0.2, 0.25) is 0 Å². The molecule has 136 valence electrons. The molecular weight excluding hydrogens is 318 g/mol. The predicted octanol–water partition coefficient (Wildman–Crippen LogP) is 1.10. The minimum Gasteiger partial charge on any atom is -0.460 e. The van der Waals surface area contributed by atoms with Crippen LogP contribution in [0.4, 0.5) is 0 Å². The van der Waals surface area contributed by atoms with E-state index in [1.807, 2.05) is 0 Å². The third-order valence-electron chi connectivity index (χ3n) is 3.21. The van der Waals surface area contributed by atoms with Crippen molar-refractivity contribution in [3.63, 3.8) is 0 Å². The number of aliphatic hydroxyl groups is 1. The van der Waals surface area contributed by atoms with Crippen LogP contribution >= 0.6 is 0 Å². The Balaban J connectivity index is 3.65. The van der Waals surface area contributed by atoms with Gasteiger partial charge >= 0.3 is 14.8 Å². The van der Waals surface area contributed by atoms with Crippen LogP contribution in [-0.2, 0) is 22.8 Å². The van der Waals surface area contributed by atoms with Crippen molar-refractivity contribution < 1.29 is 27.9 Å². The van der Waals surface area contributed by atoms with Gasteiger partial charge in [-0.3, -0.25) is 0 Å². The number of ether oxygens (including phenoxy) is 1. The lowest BCUT2D eigenvalue weighted by molar-refractivity contribution is -0.140. The lowest BCUT2D eigenvalue weighted by Gasteiger charge is -2.25. The van der Waals surface area contributed by atoms with Crippen LogP contribution in [-0.4, -0.2) is 66.5 Å². The first-order chi connectivity index (χ1) is 11.0. The fourth-order valence-electron chi connectivity index (χ4n) is 1.93. The SMILES string of the molecule is C=CC(=O)OCC(O)CNCCCCO[Si](CCC)(OC)OC. The number of nitrogens with one attached hydrogen (secondary N) is 1. The number of carbonyl (C=O) groups is 1. The van der Waals surface area contributed by atoms with Gasteiger partial charge in [-0.25, -0.2) is 4.79 Å². The third kappa shape index (κ3) is 10.6. The summed E-state index contributed by atoms with van der Waals surface area (Å²) in [4.78, 5) is 10.8. The molecule has 23 heavy (non-hydrogen) atoms. The monoisotopic (exact) mass is 349 g/mol. The second-order valence-corrected chi connectivity index (χ2v) is 8.06. The molecule has 0 aliphatic heterocycles. The number of hydrogen-bond acceptors (Lipinski definition) is 7. The van der Waals surface area contributed by atoms with Crippen molar-refractivity contribution in [2.24, 2.45) is 0 Å². The molecule has 0 aliphatic rings. The molecule has 0 aliphatic carbocycles. The first-order valence-corrected chi connectivity index (χ1v) is 9.89. The van der Waals surface area contributed by atoms with Crippen LogP contribution in [0.15, 0.2) is 12.7 Å². The number of carbonyl (C=O) groups excluding carboxylic acids is 1. The average Bonchev–Trinajstić information content (AvgIpc) is 2.57. The zero-order valence-corrected chi connectivity index (χ0v) is 15.5. The highest BCUT2D eigenvalue weighted by atomic mass is 28.4. The van der Waals surface area contributed by atoms with Crippen molar-refractivity contribution in [2.45, 2.75) is 38.3 Å². The molecule has 0 bridgehead atoms. The summed E-state index contributed by atoms with van der Waals surface area (Å²) in [6.45, 7) is 7.04. The lowest BCUT2D eigenvalue weighted by atomic mass is 10.3. The molecule has 0 aromatic heterocycles. The molecule has 0 saturated carbocycles. The smallest absolute Gasteiger partial charge is 0.460 e. The molecule has 1 atom stereocenters. The number of unbranched alkanes of at least 4 members (excludes halogenated alkanes) is 1. The fraction of sp³-hybridized carbons (Fsp3) is 0.800. The van der Waals surface area contributed by atoms with E-state index in [4.69, 9.17) is 18.0 Å². The van der Waals surface area contributed by atoms with Crippen LogP contribution in [0, 0.1) is 0 Å². The highest BCUT2D eigenvalue weighted by Crippen LogP contribution is 2.16. The lowest BCUT2D eigenvalue weighted by Crippen LogP contribution is -2.43. The van der Waals surface area contributed by atoms with E-state index in [2.05, 4.69) is 18.8 Å². The second kappa shape index (κ2) is 13.6. The summed E-state index contributed by atoms with van der Waals surface area (Å²) in [6.07, 6.45) is 3.09. The molecule has 0 rings (SSSR count). The van der Waals surface area contributed by atoms with E-state index in [0.717, 1.165) is 37.9 Å². The average molecular weight is 350 g/mol. The number of aliphatic hydroxyl groups excluding tert-OH is 1. The molecular formula is C15H31NO6Si. The Bertz CT molecular complexity index is 325. The van der Waals surface area contributed by atoms with Gasteiger partial charge in [0, 0.05) is 39.5 Å². The summed E-state index contributed by atoms with van der Waals surface area (Å²) in [7, 11) is 0.793. The van der Waals surface area contributed by atoms with Gasteiger partial charge in [0.25, 0.3) is 0 Å². The van der Waals surface area contributed by atoms with E-state index >= 15 is 0 Å². The van der Waals surface area contributed by atoms with E-state index in [9.17, 15) is 9.90 Å². The standard InChI is InChI=1S/C15H31NO6Si/c1-5-11-23(19-3,20-4)22-10-8-7-9-16-12-14(17)13-21-15(18)6-2/h6,14,16-17H,2,5,7-13H2,1,3-4H3. The molecule has 2 N–H and O–H groups in total. The molecule has 0 heterocycles. The van der Waals surface area contributed by atoms with Gasteiger partial charge < -0.3 is 28.4 Å². The molecule has 8 heteroatoms. The Kier molecular flexibility index (Phi) is 13.2. The minimum absolute atomic E-state index is 0.0339. The summed E-state index contributed by atoms with van der Waals surface area (Å²) in [5.74, 6) is -0.530. The summed E-state index contributed by atoms with van der Waals surface area (Å²) in [5.41, 5.74) is 0. The van der Waals surface area contributed by atoms with Gasteiger partial charge in [-0.2, -0.15) is 0 Å². The van der Waals surface area contributed by atoms with Gasteiger partial charge in [-0.1, -0.05) is 19.9 Å². The van der Waals surface area contributed by atoms with Crippen molar-refractivity contribution in [1.82, 2.24) is 5.32 Å². The van der Waals surface area contributed by atoms with Crippen LogP contribution in [0.1, 0.15) is 26.2 Å². The Hall–Kier alpha value is -0.773. The van der Waals surface area contributed by atoms with Crippen molar-refractivity contribution >= 4 is 14.8 Å². The van der Waals surface area contributed by atoms with E-state index < -0.39 is 20.9 Å². The first-order valence-electron chi connectivity index (χ1n) is 7.95. The number of hydrogen-bond donors (Lipinski definition) is 2. The van der Waals surface area contributed by atoms with Crippen LogP contribution < -0.4 is 5.32 Å². The summed E-state index contributed by atoms with van der Waals surface area (Å²) in [6, 6.07) is 0.813. The van der Waals surface area contributed by atoms with E-state index in [-0.39, 0.29) is 6.61 Å². The molecule has 1 unspecified atom stereocenters. The van der Waals surface area contributed by atoms with Crippen LogP contribution in [0.25, 0.3) is 0 Å². The summed E-state index contributed by atoms with van der Waals surface area (Å²) >= 11 is 0. The molecule has 0 aromatic rings. The zero-order valence-electron chi connectivity index (χ0n) is 14.5. The minimum atomic E-state index is -2.47. The Morgan fingerprint density at radius 3 is 2.61 bits per heavy atom. The van der Waals surface area contributed by atoms with E-state index in [0.29, 0.717) is 13.2 Å². The predicted molar refractivity (Wildman–Crippen MR) is 90.1 cm³/mol. The van der Waals surface area contributed by atoms with Crippen molar-refractivity contribution in [1.29, 1.82) is 0 Å². The van der Waals surface area contributed by atoms with E-state index in [1.165, 1.54) is 0 Å². The van der Waals surface area contributed by atoms with Crippen LogP contribution in [0.5, 0.6) is 0 Å². The van der Waals surface area contributed by atoms with Crippen molar-refractivity contribution in [3.8, 4) is 0 Å². The number of rotatable bonds is 15. The summed E-state index contributed by atoms with van der Waals surface area (Å²) < 4.78 is 21.4. The third-order valence-corrected chi connectivity index (χ3v) is 6.21. The highest BCUT2D eigenvalue weighted by molar-refractivity contribution is 6.60. The maximum absolute atomic E-state index is 10.8. The van der Waals surface area contributed by atoms with Crippen molar-refractivity contribution in [3.05, 3.63) is 12.7 Å². The number of esters is 1. The molecule has 0 saturated heterocycles. The van der Waals surface area contributed by atoms with Crippen LogP contribution in [0.3, 0.4) is 0 Å². The fourth-order valence-corrected chi connectivity index (χ4v) is 3.95.